The fourth-order valence-corrected chi connectivity index (χ4v) is 1.32. The van der Waals surface area contributed by atoms with Crippen molar-refractivity contribution >= 4 is 29.1 Å². The van der Waals surface area contributed by atoms with Gasteiger partial charge < -0.3 is 5.73 Å². The second-order valence-corrected chi connectivity index (χ2v) is 3.10. The van der Waals surface area contributed by atoms with Crippen molar-refractivity contribution in [1.29, 1.82) is 0 Å². The molecule has 2 heterocycles. The van der Waals surface area contributed by atoms with Gasteiger partial charge in [-0.2, -0.15) is 18.3 Å². The van der Waals surface area contributed by atoms with Crippen molar-refractivity contribution in [3.63, 3.8) is 0 Å². The normalized spacial score (nSPS) is 11.5. The number of hydrogen-bond acceptors (Lipinski definition) is 3. The molecular formula is C8H8ClF3N4. The molecule has 0 atom stereocenters. The molecule has 2 N–H and O–H groups in total. The van der Waals surface area contributed by atoms with Crippen LogP contribution in [-0.4, -0.2) is 14.8 Å². The number of alkyl halides is 3. The number of rotatable bonds is 0. The van der Waals surface area contributed by atoms with Gasteiger partial charge in [0.15, 0.2) is 5.69 Å². The number of pyridine rings is 1. The molecule has 0 bridgehead atoms. The van der Waals surface area contributed by atoms with Gasteiger partial charge in [0.1, 0.15) is 5.52 Å². The molecule has 0 aromatic carbocycles. The number of hydrogen-bond donors (Lipinski definition) is 1. The van der Waals surface area contributed by atoms with E-state index in [9.17, 15) is 13.2 Å². The molecule has 0 amide bonds. The van der Waals surface area contributed by atoms with Gasteiger partial charge in [-0.25, -0.2) is 4.98 Å². The third-order valence-electron chi connectivity index (χ3n) is 2.03. The van der Waals surface area contributed by atoms with Gasteiger partial charge in [0.2, 0.25) is 0 Å². The minimum Gasteiger partial charge on any atom is -0.397 e. The van der Waals surface area contributed by atoms with Crippen LogP contribution in [-0.2, 0) is 13.2 Å². The topological polar surface area (TPSA) is 56.7 Å². The molecule has 16 heavy (non-hydrogen) atoms. The molecule has 0 aliphatic heterocycles. The minimum atomic E-state index is -4.53. The molecule has 0 unspecified atom stereocenters. The Hall–Kier alpha value is -1.50. The molecular weight excluding hydrogens is 245 g/mol. The monoisotopic (exact) mass is 252 g/mol. The summed E-state index contributed by atoms with van der Waals surface area (Å²) in [6, 6.07) is 1.22. The van der Waals surface area contributed by atoms with Crippen LogP contribution in [0.4, 0.5) is 18.9 Å². The summed E-state index contributed by atoms with van der Waals surface area (Å²) in [7, 11) is 1.61. The van der Waals surface area contributed by atoms with Crippen molar-refractivity contribution in [1.82, 2.24) is 14.8 Å². The third kappa shape index (κ3) is 1.90. The fourth-order valence-electron chi connectivity index (χ4n) is 1.32. The summed E-state index contributed by atoms with van der Waals surface area (Å²) >= 11 is 0. The van der Waals surface area contributed by atoms with Gasteiger partial charge in [0, 0.05) is 7.05 Å². The Bertz CT molecular complexity index is 520. The van der Waals surface area contributed by atoms with E-state index in [4.69, 9.17) is 5.73 Å². The van der Waals surface area contributed by atoms with E-state index in [1.165, 1.54) is 16.9 Å². The maximum atomic E-state index is 12.4. The first-order valence-electron chi connectivity index (χ1n) is 4.05. The first kappa shape index (κ1) is 12.6. The number of aryl methyl sites for hydroxylation is 1. The second-order valence-electron chi connectivity index (χ2n) is 3.10. The average molecular weight is 253 g/mol. The number of anilines is 1. The Balaban J connectivity index is 0.00000128. The summed E-state index contributed by atoms with van der Waals surface area (Å²) in [5.74, 6) is 0. The van der Waals surface area contributed by atoms with Crippen molar-refractivity contribution in [2.24, 2.45) is 7.05 Å². The zero-order chi connectivity index (χ0) is 11.2. The van der Waals surface area contributed by atoms with E-state index < -0.39 is 17.6 Å². The van der Waals surface area contributed by atoms with Crippen LogP contribution in [0.3, 0.4) is 0 Å². The van der Waals surface area contributed by atoms with Crippen LogP contribution in [0.5, 0.6) is 0 Å². The van der Waals surface area contributed by atoms with Crippen molar-refractivity contribution < 1.29 is 13.2 Å². The molecule has 88 valence electrons. The van der Waals surface area contributed by atoms with Crippen LogP contribution in [0.2, 0.25) is 0 Å². The zero-order valence-electron chi connectivity index (χ0n) is 8.12. The summed E-state index contributed by atoms with van der Waals surface area (Å²) in [5.41, 5.74) is 4.47. The maximum Gasteiger partial charge on any atom is 0.435 e. The quantitative estimate of drug-likeness (QED) is 0.780. The van der Waals surface area contributed by atoms with Crippen LogP contribution in [0.1, 0.15) is 5.69 Å². The summed E-state index contributed by atoms with van der Waals surface area (Å²) in [6.07, 6.45) is -3.27. The van der Waals surface area contributed by atoms with Gasteiger partial charge in [-0.1, -0.05) is 0 Å². The van der Waals surface area contributed by atoms with Crippen LogP contribution in [0.25, 0.3) is 11.0 Å². The van der Waals surface area contributed by atoms with E-state index in [2.05, 4.69) is 10.1 Å². The number of aromatic nitrogens is 3. The minimum absolute atomic E-state index is 0. The molecule has 0 radical (unpaired) electrons. The van der Waals surface area contributed by atoms with Gasteiger partial charge in [-0.3, -0.25) is 4.68 Å². The van der Waals surface area contributed by atoms with E-state index in [1.807, 2.05) is 0 Å². The molecule has 0 fully saturated rings. The Kier molecular flexibility index (Phi) is 3.00. The highest BCUT2D eigenvalue weighted by Gasteiger charge is 2.35. The zero-order valence-corrected chi connectivity index (χ0v) is 8.93. The number of nitrogens with zero attached hydrogens (tertiary/aromatic N) is 3. The summed E-state index contributed by atoms with van der Waals surface area (Å²) in [5, 5.41) is 3.79. The van der Waals surface area contributed by atoms with E-state index in [0.29, 0.717) is 5.52 Å². The first-order valence-corrected chi connectivity index (χ1v) is 4.05. The van der Waals surface area contributed by atoms with Gasteiger partial charge in [0.25, 0.3) is 0 Å². The predicted molar refractivity (Wildman–Crippen MR) is 55.2 cm³/mol. The number of nitrogen functional groups attached to an aromatic ring is 1. The lowest BCUT2D eigenvalue weighted by Gasteiger charge is -2.08. The van der Waals surface area contributed by atoms with Gasteiger partial charge in [-0.15, -0.1) is 12.4 Å². The predicted octanol–water partition coefficient (Wildman–Crippen LogP) is 1.99. The van der Waals surface area contributed by atoms with E-state index in [1.54, 1.807) is 7.05 Å². The molecule has 2 aromatic heterocycles. The molecule has 4 nitrogen and oxygen atoms in total. The highest BCUT2D eigenvalue weighted by atomic mass is 35.5. The highest BCUT2D eigenvalue weighted by molar-refractivity contribution is 5.85. The van der Waals surface area contributed by atoms with Gasteiger partial charge in [-0.05, 0) is 6.07 Å². The Morgan fingerprint density at radius 3 is 2.56 bits per heavy atom. The Labute approximate surface area is 94.7 Å². The Morgan fingerprint density at radius 1 is 1.38 bits per heavy atom. The third-order valence-corrected chi connectivity index (χ3v) is 2.03. The molecule has 0 spiro atoms. The van der Waals surface area contributed by atoms with E-state index >= 15 is 0 Å². The molecule has 2 aromatic rings. The van der Waals surface area contributed by atoms with E-state index in [-0.39, 0.29) is 17.9 Å². The largest absolute Gasteiger partial charge is 0.435 e. The summed E-state index contributed by atoms with van der Waals surface area (Å²) < 4.78 is 38.7. The second kappa shape index (κ2) is 3.82. The van der Waals surface area contributed by atoms with Crippen molar-refractivity contribution in [2.45, 2.75) is 6.18 Å². The van der Waals surface area contributed by atoms with E-state index in [0.717, 1.165) is 0 Å². The lowest BCUT2D eigenvalue weighted by atomic mass is 10.2. The summed E-state index contributed by atoms with van der Waals surface area (Å²) in [6.45, 7) is 0. The fraction of sp³-hybridized carbons (Fsp3) is 0.250. The number of fused-ring (bicyclic) bond motifs is 1. The van der Waals surface area contributed by atoms with Crippen molar-refractivity contribution in [3.05, 3.63) is 18.0 Å². The molecule has 0 aliphatic rings. The molecule has 8 heteroatoms. The molecule has 0 saturated heterocycles. The first-order chi connectivity index (χ1) is 6.89. The maximum absolute atomic E-state index is 12.4. The average Bonchev–Trinajstić information content (AvgIpc) is 2.45. The molecule has 0 saturated carbocycles. The number of nitrogens with two attached hydrogens (primary N) is 1. The smallest absolute Gasteiger partial charge is 0.397 e. The van der Waals surface area contributed by atoms with Crippen LogP contribution < -0.4 is 5.73 Å². The van der Waals surface area contributed by atoms with Crippen molar-refractivity contribution in [3.8, 4) is 0 Å². The van der Waals surface area contributed by atoms with Crippen LogP contribution in [0.15, 0.2) is 12.3 Å². The van der Waals surface area contributed by atoms with Crippen LogP contribution >= 0.6 is 12.4 Å². The molecule has 0 aliphatic carbocycles. The molecule has 2 rings (SSSR count). The van der Waals surface area contributed by atoms with Gasteiger partial charge in [0.05, 0.1) is 17.4 Å². The standard InChI is InChI=1S/C8H7F3N4.ClH/c1-15-6-2-4(12)7(8(9,10)11)14-5(6)3-13-15;/h2-3H,12H2,1H3;1H. The SMILES string of the molecule is Cl.Cn1ncc2nc(C(F)(F)F)c(N)cc21. The van der Waals surface area contributed by atoms with Gasteiger partial charge >= 0.3 is 6.18 Å². The highest BCUT2D eigenvalue weighted by Crippen LogP contribution is 2.33. The lowest BCUT2D eigenvalue weighted by Crippen LogP contribution is -2.11. The number of halogens is 4. The summed E-state index contributed by atoms with van der Waals surface area (Å²) in [4.78, 5) is 3.43. The van der Waals surface area contributed by atoms with Crippen LogP contribution in [0, 0.1) is 0 Å². The lowest BCUT2D eigenvalue weighted by molar-refractivity contribution is -0.140. The Morgan fingerprint density at radius 2 is 2.00 bits per heavy atom. The van der Waals surface area contributed by atoms with Crippen molar-refractivity contribution in [2.75, 3.05) is 5.73 Å².